The Morgan fingerprint density at radius 1 is 1.13 bits per heavy atom. The number of carbonyl (C=O) groups excluding carboxylic acids is 3. The normalized spacial score (nSPS) is 14.7. The highest BCUT2D eigenvalue weighted by molar-refractivity contribution is 7.14. The molecule has 0 aromatic carbocycles. The summed E-state index contributed by atoms with van der Waals surface area (Å²) < 4.78 is 0. The van der Waals surface area contributed by atoms with Crippen LogP contribution in [0.1, 0.15) is 33.5 Å². The maximum absolute atomic E-state index is 12.1. The topological polar surface area (TPSA) is 69.7 Å². The summed E-state index contributed by atoms with van der Waals surface area (Å²) in [6.07, 6.45) is 0.287. The van der Waals surface area contributed by atoms with Crippen LogP contribution in [0.15, 0.2) is 6.07 Å². The van der Waals surface area contributed by atoms with Crippen LogP contribution in [0.3, 0.4) is 0 Å². The predicted molar refractivity (Wildman–Crippen MR) is 89.6 cm³/mol. The number of aryl methyl sites for hydroxylation is 2. The highest BCUT2D eigenvalue weighted by Gasteiger charge is 2.22. The van der Waals surface area contributed by atoms with Gasteiger partial charge in [0.15, 0.2) is 0 Å². The van der Waals surface area contributed by atoms with Gasteiger partial charge in [0, 0.05) is 50.9 Å². The van der Waals surface area contributed by atoms with E-state index in [1.807, 2.05) is 19.9 Å². The van der Waals surface area contributed by atoms with Crippen molar-refractivity contribution in [3.05, 3.63) is 21.4 Å². The number of thiophene rings is 1. The fourth-order valence-electron chi connectivity index (χ4n) is 2.48. The Balaban J connectivity index is 1.73. The van der Waals surface area contributed by atoms with Crippen molar-refractivity contribution in [3.8, 4) is 0 Å². The largest absolute Gasteiger partial charge is 0.351 e. The molecule has 0 aliphatic carbocycles. The summed E-state index contributed by atoms with van der Waals surface area (Å²) in [5, 5.41) is 2.80. The molecule has 3 amide bonds. The van der Waals surface area contributed by atoms with Gasteiger partial charge < -0.3 is 15.1 Å². The number of carbonyl (C=O) groups is 3. The van der Waals surface area contributed by atoms with Crippen molar-refractivity contribution >= 4 is 29.1 Å². The van der Waals surface area contributed by atoms with Gasteiger partial charge in [0.05, 0.1) is 4.88 Å². The van der Waals surface area contributed by atoms with Gasteiger partial charge in [-0.2, -0.15) is 0 Å². The lowest BCUT2D eigenvalue weighted by Gasteiger charge is -2.34. The van der Waals surface area contributed by atoms with Gasteiger partial charge in [-0.3, -0.25) is 14.4 Å². The van der Waals surface area contributed by atoms with Crippen LogP contribution < -0.4 is 5.32 Å². The summed E-state index contributed by atoms with van der Waals surface area (Å²) in [5.74, 6) is -0.0571. The molecule has 0 bridgehead atoms. The van der Waals surface area contributed by atoms with Crippen LogP contribution in [0.25, 0.3) is 0 Å². The van der Waals surface area contributed by atoms with E-state index >= 15 is 0 Å². The van der Waals surface area contributed by atoms with Crippen molar-refractivity contribution in [2.24, 2.45) is 0 Å². The molecule has 1 N–H and O–H groups in total. The average molecular weight is 337 g/mol. The molecule has 7 heteroatoms. The van der Waals surface area contributed by atoms with Crippen LogP contribution >= 0.6 is 11.3 Å². The molecule has 2 heterocycles. The number of rotatable bonds is 4. The van der Waals surface area contributed by atoms with E-state index in [-0.39, 0.29) is 24.1 Å². The zero-order valence-electron chi connectivity index (χ0n) is 13.8. The Morgan fingerprint density at radius 3 is 2.26 bits per heavy atom. The van der Waals surface area contributed by atoms with Crippen LogP contribution in [0, 0.1) is 13.8 Å². The molecule has 6 nitrogen and oxygen atoms in total. The van der Waals surface area contributed by atoms with Gasteiger partial charge in [0.1, 0.15) is 0 Å². The zero-order chi connectivity index (χ0) is 17.0. The molecule has 1 aromatic heterocycles. The Morgan fingerprint density at radius 2 is 1.74 bits per heavy atom. The second-order valence-electron chi connectivity index (χ2n) is 5.74. The van der Waals surface area contributed by atoms with Crippen molar-refractivity contribution in [2.75, 3.05) is 32.7 Å². The lowest BCUT2D eigenvalue weighted by molar-refractivity contribution is -0.138. The van der Waals surface area contributed by atoms with Gasteiger partial charge in [-0.1, -0.05) is 0 Å². The Hall–Kier alpha value is -1.89. The second-order valence-corrected chi connectivity index (χ2v) is 7.00. The molecule has 0 atom stereocenters. The quantitative estimate of drug-likeness (QED) is 0.897. The summed E-state index contributed by atoms with van der Waals surface area (Å²) >= 11 is 1.47. The third kappa shape index (κ3) is 4.54. The highest BCUT2D eigenvalue weighted by atomic mass is 32.1. The zero-order valence-corrected chi connectivity index (χ0v) is 14.7. The van der Waals surface area contributed by atoms with Gasteiger partial charge >= 0.3 is 0 Å². The van der Waals surface area contributed by atoms with Crippen molar-refractivity contribution in [2.45, 2.75) is 27.2 Å². The molecule has 126 valence electrons. The minimum absolute atomic E-state index is 0.0204. The number of hydrogen-bond donors (Lipinski definition) is 1. The molecule has 1 fully saturated rings. The summed E-state index contributed by atoms with van der Waals surface area (Å²) in [5.41, 5.74) is 1.11. The van der Waals surface area contributed by atoms with E-state index in [9.17, 15) is 14.4 Å². The monoisotopic (exact) mass is 337 g/mol. The second kappa shape index (κ2) is 7.59. The standard InChI is InChI=1S/C16H23N3O3S/c1-11-10-14(23-12(11)2)16(22)17-5-4-15(21)19-8-6-18(7-9-19)13(3)20/h10H,4-9H2,1-3H3,(H,17,22). The van der Waals surface area contributed by atoms with Crippen molar-refractivity contribution in [3.63, 3.8) is 0 Å². The molecule has 0 spiro atoms. The number of nitrogens with one attached hydrogen (secondary N) is 1. The van der Waals surface area contributed by atoms with E-state index in [0.29, 0.717) is 37.6 Å². The minimum Gasteiger partial charge on any atom is -0.351 e. The Kier molecular flexibility index (Phi) is 5.76. The van der Waals surface area contributed by atoms with Crippen molar-refractivity contribution in [1.82, 2.24) is 15.1 Å². The molecular weight excluding hydrogens is 314 g/mol. The molecular formula is C16H23N3O3S. The molecule has 2 rings (SSSR count). The third-order valence-corrected chi connectivity index (χ3v) is 5.24. The van der Waals surface area contributed by atoms with E-state index in [1.165, 1.54) is 11.3 Å². The Labute approximate surface area is 140 Å². The fourth-order valence-corrected chi connectivity index (χ4v) is 3.43. The van der Waals surface area contributed by atoms with Crippen molar-refractivity contribution < 1.29 is 14.4 Å². The van der Waals surface area contributed by atoms with Crippen LogP contribution in [-0.2, 0) is 9.59 Å². The molecule has 0 unspecified atom stereocenters. The van der Waals surface area contributed by atoms with Gasteiger partial charge in [-0.15, -0.1) is 11.3 Å². The minimum atomic E-state index is -0.125. The van der Waals surface area contributed by atoms with Gasteiger partial charge in [0.2, 0.25) is 11.8 Å². The Bertz CT molecular complexity index is 584. The first-order valence-electron chi connectivity index (χ1n) is 7.77. The van der Waals surface area contributed by atoms with Crippen molar-refractivity contribution in [1.29, 1.82) is 0 Å². The van der Waals surface area contributed by atoms with Crippen LogP contribution in [0.2, 0.25) is 0 Å². The third-order valence-electron chi connectivity index (χ3n) is 4.09. The average Bonchev–Trinajstić information content (AvgIpc) is 2.86. The maximum Gasteiger partial charge on any atom is 0.261 e. The van der Waals surface area contributed by atoms with E-state index in [0.717, 1.165) is 10.4 Å². The number of piperazine rings is 1. The lowest BCUT2D eigenvalue weighted by atomic mass is 10.2. The summed E-state index contributed by atoms with van der Waals surface area (Å²) in [7, 11) is 0. The first-order chi connectivity index (χ1) is 10.9. The number of hydrogen-bond acceptors (Lipinski definition) is 4. The molecule has 1 saturated heterocycles. The number of nitrogens with zero attached hydrogens (tertiary/aromatic N) is 2. The molecule has 0 radical (unpaired) electrons. The SMILES string of the molecule is CC(=O)N1CCN(C(=O)CCNC(=O)c2cc(C)c(C)s2)CC1. The summed E-state index contributed by atoms with van der Waals surface area (Å²) in [6, 6.07) is 1.87. The van der Waals surface area contributed by atoms with Gasteiger partial charge in [-0.25, -0.2) is 0 Å². The number of amides is 3. The summed E-state index contributed by atoms with van der Waals surface area (Å²) in [4.78, 5) is 40.7. The predicted octanol–water partition coefficient (Wildman–Crippen LogP) is 1.18. The fraction of sp³-hybridized carbons (Fsp3) is 0.562. The van der Waals surface area contributed by atoms with E-state index in [4.69, 9.17) is 0 Å². The lowest BCUT2D eigenvalue weighted by Crippen LogP contribution is -2.50. The van der Waals surface area contributed by atoms with Crippen LogP contribution in [-0.4, -0.2) is 60.2 Å². The molecule has 23 heavy (non-hydrogen) atoms. The van der Waals surface area contributed by atoms with Crippen LogP contribution in [0.4, 0.5) is 0 Å². The van der Waals surface area contributed by atoms with E-state index in [2.05, 4.69) is 5.32 Å². The smallest absolute Gasteiger partial charge is 0.261 e. The maximum atomic E-state index is 12.1. The molecule has 1 aromatic rings. The van der Waals surface area contributed by atoms with Gasteiger partial charge in [0.25, 0.3) is 5.91 Å². The molecule has 0 saturated carbocycles. The van der Waals surface area contributed by atoms with Crippen LogP contribution in [0.5, 0.6) is 0 Å². The summed E-state index contributed by atoms with van der Waals surface area (Å²) in [6.45, 7) is 8.14. The molecule has 1 aliphatic heterocycles. The first kappa shape index (κ1) is 17.5. The highest BCUT2D eigenvalue weighted by Crippen LogP contribution is 2.20. The molecule has 1 aliphatic rings. The first-order valence-corrected chi connectivity index (χ1v) is 8.58. The van der Waals surface area contributed by atoms with E-state index < -0.39 is 0 Å². The van der Waals surface area contributed by atoms with Gasteiger partial charge in [-0.05, 0) is 25.5 Å². The van der Waals surface area contributed by atoms with E-state index in [1.54, 1.807) is 16.7 Å².